The van der Waals surface area contributed by atoms with E-state index >= 15 is 0 Å². The van der Waals surface area contributed by atoms with Crippen LogP contribution in [0.2, 0.25) is 0 Å². The molecular formula is C12H14OS. The van der Waals surface area contributed by atoms with Crippen LogP contribution in [0.1, 0.15) is 25.6 Å². The van der Waals surface area contributed by atoms with Crippen molar-refractivity contribution in [3.05, 3.63) is 29.1 Å². The molecule has 0 bridgehead atoms. The van der Waals surface area contributed by atoms with Gasteiger partial charge in [0.05, 0.1) is 0 Å². The summed E-state index contributed by atoms with van der Waals surface area (Å²) in [7, 11) is 0. The Balaban J connectivity index is 2.63. The minimum Gasteiger partial charge on any atom is -0.508 e. The summed E-state index contributed by atoms with van der Waals surface area (Å²) in [6.07, 6.45) is 0. The predicted molar refractivity (Wildman–Crippen MR) is 62.2 cm³/mol. The van der Waals surface area contributed by atoms with Crippen molar-refractivity contribution in [3.63, 3.8) is 0 Å². The Bertz CT molecular complexity index is 463. The average molecular weight is 206 g/mol. The molecule has 0 amide bonds. The van der Waals surface area contributed by atoms with Gasteiger partial charge in [0.1, 0.15) is 5.75 Å². The highest BCUT2D eigenvalue weighted by atomic mass is 32.1. The fourth-order valence-corrected chi connectivity index (χ4v) is 2.54. The third-order valence-corrected chi connectivity index (χ3v) is 3.77. The van der Waals surface area contributed by atoms with E-state index < -0.39 is 0 Å². The van der Waals surface area contributed by atoms with Crippen molar-refractivity contribution in [1.29, 1.82) is 0 Å². The second kappa shape index (κ2) is 2.99. The van der Waals surface area contributed by atoms with Gasteiger partial charge in [-0.15, -0.1) is 11.3 Å². The summed E-state index contributed by atoms with van der Waals surface area (Å²) in [5.41, 5.74) is 0.194. The minimum atomic E-state index is 0.194. The third kappa shape index (κ3) is 1.62. The van der Waals surface area contributed by atoms with E-state index in [1.54, 1.807) is 17.4 Å². The van der Waals surface area contributed by atoms with Gasteiger partial charge in [-0.25, -0.2) is 0 Å². The van der Waals surface area contributed by atoms with Crippen LogP contribution in [0.5, 0.6) is 5.75 Å². The number of phenolic OH excluding ortho intramolecular Hbond substituents is 1. The molecule has 14 heavy (non-hydrogen) atoms. The van der Waals surface area contributed by atoms with Crippen LogP contribution in [0.3, 0.4) is 0 Å². The lowest BCUT2D eigenvalue weighted by molar-refractivity contribution is 0.476. The summed E-state index contributed by atoms with van der Waals surface area (Å²) in [5, 5.41) is 10.6. The first-order chi connectivity index (χ1) is 6.47. The maximum Gasteiger partial charge on any atom is 0.117 e. The molecule has 1 nitrogen and oxygen atoms in total. The zero-order valence-electron chi connectivity index (χ0n) is 8.66. The zero-order chi connectivity index (χ0) is 10.3. The lowest BCUT2D eigenvalue weighted by Crippen LogP contribution is -2.07. The molecule has 2 heteroatoms. The van der Waals surface area contributed by atoms with Crippen LogP contribution in [0.15, 0.2) is 24.3 Å². The first-order valence-electron chi connectivity index (χ1n) is 4.70. The molecule has 1 N–H and O–H groups in total. The first kappa shape index (κ1) is 9.53. The van der Waals surface area contributed by atoms with Crippen LogP contribution >= 0.6 is 11.3 Å². The van der Waals surface area contributed by atoms with Gasteiger partial charge in [-0.1, -0.05) is 20.8 Å². The summed E-state index contributed by atoms with van der Waals surface area (Å²) < 4.78 is 1.16. The lowest BCUT2D eigenvalue weighted by Gasteiger charge is -2.14. The Hall–Kier alpha value is -1.02. The quantitative estimate of drug-likeness (QED) is 0.693. The summed E-state index contributed by atoms with van der Waals surface area (Å²) in [6.45, 7) is 6.62. The largest absolute Gasteiger partial charge is 0.508 e. The normalized spacial score (nSPS) is 12.2. The third-order valence-electron chi connectivity index (χ3n) is 2.24. The van der Waals surface area contributed by atoms with Gasteiger partial charge < -0.3 is 5.11 Å². The molecule has 0 unspecified atom stereocenters. The number of benzene rings is 1. The Kier molecular flexibility index (Phi) is 2.04. The molecule has 0 saturated carbocycles. The van der Waals surface area contributed by atoms with Crippen LogP contribution in [-0.4, -0.2) is 5.11 Å². The lowest BCUT2D eigenvalue weighted by atomic mass is 9.94. The van der Waals surface area contributed by atoms with Crippen LogP contribution in [0.25, 0.3) is 10.1 Å². The van der Waals surface area contributed by atoms with Gasteiger partial charge in [-0.3, -0.25) is 0 Å². The molecule has 1 aromatic carbocycles. The van der Waals surface area contributed by atoms with E-state index in [4.69, 9.17) is 0 Å². The molecule has 0 aliphatic heterocycles. The monoisotopic (exact) mass is 206 g/mol. The summed E-state index contributed by atoms with van der Waals surface area (Å²) in [6, 6.07) is 7.74. The van der Waals surface area contributed by atoms with E-state index in [0.717, 1.165) is 4.70 Å². The van der Waals surface area contributed by atoms with Gasteiger partial charge in [0.2, 0.25) is 0 Å². The van der Waals surface area contributed by atoms with Crippen molar-refractivity contribution in [2.75, 3.05) is 0 Å². The SMILES string of the molecule is CC(C)(C)c1cc2ccc(O)cc2s1. The Morgan fingerprint density at radius 1 is 1.14 bits per heavy atom. The maximum absolute atomic E-state index is 9.35. The molecular weight excluding hydrogens is 192 g/mol. The fraction of sp³-hybridized carbons (Fsp3) is 0.333. The zero-order valence-corrected chi connectivity index (χ0v) is 9.48. The van der Waals surface area contributed by atoms with Crippen molar-refractivity contribution in [2.45, 2.75) is 26.2 Å². The smallest absolute Gasteiger partial charge is 0.117 e. The molecule has 1 aromatic heterocycles. The van der Waals surface area contributed by atoms with E-state index in [0.29, 0.717) is 5.75 Å². The number of hydrogen-bond donors (Lipinski definition) is 1. The molecule has 0 atom stereocenters. The molecule has 2 rings (SSSR count). The molecule has 74 valence electrons. The van der Waals surface area contributed by atoms with Crippen LogP contribution in [-0.2, 0) is 5.41 Å². The van der Waals surface area contributed by atoms with Crippen LogP contribution in [0.4, 0.5) is 0 Å². The van der Waals surface area contributed by atoms with E-state index in [2.05, 4.69) is 26.8 Å². The van der Waals surface area contributed by atoms with E-state index in [1.165, 1.54) is 10.3 Å². The van der Waals surface area contributed by atoms with Gasteiger partial charge in [0, 0.05) is 9.58 Å². The molecule has 0 saturated heterocycles. The van der Waals surface area contributed by atoms with Gasteiger partial charge in [-0.2, -0.15) is 0 Å². The Labute approximate surface area is 88.0 Å². The molecule has 0 aliphatic rings. The molecule has 0 radical (unpaired) electrons. The summed E-state index contributed by atoms with van der Waals surface area (Å²) >= 11 is 1.76. The highest BCUT2D eigenvalue weighted by Gasteiger charge is 2.16. The number of fused-ring (bicyclic) bond motifs is 1. The number of hydrogen-bond acceptors (Lipinski definition) is 2. The van der Waals surface area contributed by atoms with Crippen molar-refractivity contribution >= 4 is 21.4 Å². The van der Waals surface area contributed by atoms with Crippen LogP contribution in [0, 0.1) is 0 Å². The highest BCUT2D eigenvalue weighted by Crippen LogP contribution is 2.35. The molecule has 0 fully saturated rings. The second-order valence-electron chi connectivity index (χ2n) is 4.58. The van der Waals surface area contributed by atoms with Gasteiger partial charge in [0.25, 0.3) is 0 Å². The van der Waals surface area contributed by atoms with Crippen LogP contribution < -0.4 is 0 Å². The second-order valence-corrected chi connectivity index (χ2v) is 5.67. The Morgan fingerprint density at radius 3 is 2.50 bits per heavy atom. The van der Waals surface area contributed by atoms with Gasteiger partial charge in [0.15, 0.2) is 0 Å². The first-order valence-corrected chi connectivity index (χ1v) is 5.51. The minimum absolute atomic E-state index is 0.194. The fourth-order valence-electron chi connectivity index (χ4n) is 1.39. The van der Waals surface area contributed by atoms with Crippen molar-refractivity contribution < 1.29 is 5.11 Å². The van der Waals surface area contributed by atoms with Crippen molar-refractivity contribution in [1.82, 2.24) is 0 Å². The number of rotatable bonds is 0. The molecule has 0 spiro atoms. The van der Waals surface area contributed by atoms with E-state index in [-0.39, 0.29) is 5.41 Å². The van der Waals surface area contributed by atoms with E-state index in [1.807, 2.05) is 12.1 Å². The highest BCUT2D eigenvalue weighted by molar-refractivity contribution is 7.19. The van der Waals surface area contributed by atoms with Crippen molar-refractivity contribution in [2.24, 2.45) is 0 Å². The number of aromatic hydroxyl groups is 1. The van der Waals surface area contributed by atoms with Crippen molar-refractivity contribution in [3.8, 4) is 5.75 Å². The average Bonchev–Trinajstić information content (AvgIpc) is 2.45. The number of phenols is 1. The Morgan fingerprint density at radius 2 is 1.86 bits per heavy atom. The van der Waals surface area contributed by atoms with Gasteiger partial charge >= 0.3 is 0 Å². The molecule has 2 aromatic rings. The molecule has 0 aliphatic carbocycles. The summed E-state index contributed by atoms with van der Waals surface area (Å²) in [4.78, 5) is 1.36. The predicted octanol–water partition coefficient (Wildman–Crippen LogP) is 3.90. The number of thiophene rings is 1. The van der Waals surface area contributed by atoms with E-state index in [9.17, 15) is 5.11 Å². The van der Waals surface area contributed by atoms with Gasteiger partial charge in [-0.05, 0) is 35.1 Å². The molecule has 1 heterocycles. The topological polar surface area (TPSA) is 20.2 Å². The standard InChI is InChI=1S/C12H14OS/c1-12(2,3)11-6-8-4-5-9(13)7-10(8)14-11/h4-7,13H,1-3H3. The summed E-state index contributed by atoms with van der Waals surface area (Å²) in [5.74, 6) is 0.347. The maximum atomic E-state index is 9.35.